The quantitative estimate of drug-likeness (QED) is 0.292. The largest absolute Gasteiger partial charge is 0.491 e. The Balaban J connectivity index is 0.00000450. The number of hydrogen-bond acceptors (Lipinski definition) is 4. The normalized spacial score (nSPS) is 11.6. The lowest BCUT2D eigenvalue weighted by molar-refractivity contribution is -0.121. The molecule has 2 rings (SSSR count). The standard InChI is InChI=1S/C21H32N6O2.HI/c1-15(2)29-18-9-7-16(8-10-18)25-20(22-13-17-11-12-24-27(17)6)23-14-19(28)26-21(3,4)5;/h7-12,15H,13-14H2,1-6H3,(H,26,28)(H2,22,23,25);1H. The summed E-state index contributed by atoms with van der Waals surface area (Å²) in [5.74, 6) is 1.21. The number of ether oxygens (including phenoxy) is 1. The second-order valence-corrected chi connectivity index (χ2v) is 8.08. The number of carbonyl (C=O) groups is 1. The van der Waals surface area contributed by atoms with Crippen LogP contribution in [0.25, 0.3) is 0 Å². The smallest absolute Gasteiger partial charge is 0.239 e. The molecule has 0 atom stereocenters. The van der Waals surface area contributed by atoms with Crippen molar-refractivity contribution >= 4 is 41.5 Å². The van der Waals surface area contributed by atoms with Crippen LogP contribution in [0.4, 0.5) is 5.69 Å². The third-order valence-electron chi connectivity index (χ3n) is 3.74. The number of rotatable bonds is 7. The van der Waals surface area contributed by atoms with Gasteiger partial charge in [0.1, 0.15) is 5.75 Å². The van der Waals surface area contributed by atoms with Crippen LogP contribution in [0.2, 0.25) is 0 Å². The number of carbonyl (C=O) groups excluding carboxylic acids is 1. The van der Waals surface area contributed by atoms with Crippen LogP contribution in [0.1, 0.15) is 40.3 Å². The average molecular weight is 528 g/mol. The molecule has 9 heteroatoms. The number of hydrogen-bond donors (Lipinski definition) is 3. The van der Waals surface area contributed by atoms with Gasteiger partial charge in [-0.2, -0.15) is 5.10 Å². The molecule has 166 valence electrons. The third kappa shape index (κ3) is 9.47. The summed E-state index contributed by atoms with van der Waals surface area (Å²) < 4.78 is 7.44. The van der Waals surface area contributed by atoms with Crippen molar-refractivity contribution in [2.75, 3.05) is 11.9 Å². The first-order valence-electron chi connectivity index (χ1n) is 9.72. The molecule has 3 N–H and O–H groups in total. The summed E-state index contributed by atoms with van der Waals surface area (Å²) in [6.07, 6.45) is 1.85. The number of aromatic nitrogens is 2. The minimum absolute atomic E-state index is 0. The third-order valence-corrected chi connectivity index (χ3v) is 3.74. The van der Waals surface area contributed by atoms with Gasteiger partial charge in [-0.05, 0) is 65.0 Å². The minimum Gasteiger partial charge on any atom is -0.491 e. The zero-order valence-electron chi connectivity index (χ0n) is 18.5. The van der Waals surface area contributed by atoms with E-state index in [2.05, 4.69) is 26.0 Å². The molecule has 0 unspecified atom stereocenters. The Bertz CT molecular complexity index is 825. The molecule has 1 aromatic heterocycles. The van der Waals surface area contributed by atoms with Crippen LogP contribution in [0.15, 0.2) is 41.5 Å². The molecule has 0 radical (unpaired) electrons. The zero-order chi connectivity index (χ0) is 21.4. The Morgan fingerprint density at radius 1 is 1.20 bits per heavy atom. The van der Waals surface area contributed by atoms with E-state index in [1.54, 1.807) is 10.9 Å². The SMILES string of the molecule is CC(C)Oc1ccc(NC(=NCc2ccnn2C)NCC(=O)NC(C)(C)C)cc1.I. The van der Waals surface area contributed by atoms with Crippen LogP contribution < -0.4 is 20.7 Å². The lowest BCUT2D eigenvalue weighted by Crippen LogP contribution is -2.46. The molecular formula is C21H33IN6O2. The Morgan fingerprint density at radius 2 is 1.87 bits per heavy atom. The maximum absolute atomic E-state index is 12.2. The molecule has 0 saturated heterocycles. The number of aliphatic imine (C=N–C) groups is 1. The molecule has 8 nitrogen and oxygen atoms in total. The second kappa shape index (κ2) is 11.8. The maximum Gasteiger partial charge on any atom is 0.239 e. The fourth-order valence-electron chi connectivity index (χ4n) is 2.51. The van der Waals surface area contributed by atoms with E-state index in [0.717, 1.165) is 17.1 Å². The second-order valence-electron chi connectivity index (χ2n) is 8.08. The lowest BCUT2D eigenvalue weighted by atomic mass is 10.1. The zero-order valence-corrected chi connectivity index (χ0v) is 20.9. The summed E-state index contributed by atoms with van der Waals surface area (Å²) in [5, 5.41) is 13.4. The number of nitrogens with zero attached hydrogens (tertiary/aromatic N) is 3. The van der Waals surface area contributed by atoms with Gasteiger partial charge < -0.3 is 20.7 Å². The van der Waals surface area contributed by atoms with Crippen molar-refractivity contribution in [1.29, 1.82) is 0 Å². The van der Waals surface area contributed by atoms with Crippen LogP contribution in [0, 0.1) is 0 Å². The van der Waals surface area contributed by atoms with Gasteiger partial charge in [0, 0.05) is 24.5 Å². The lowest BCUT2D eigenvalue weighted by Gasteiger charge is -2.21. The highest BCUT2D eigenvalue weighted by Gasteiger charge is 2.14. The minimum atomic E-state index is -0.287. The Morgan fingerprint density at radius 3 is 2.40 bits per heavy atom. The number of benzene rings is 1. The van der Waals surface area contributed by atoms with E-state index in [-0.39, 0.29) is 48.1 Å². The first-order chi connectivity index (χ1) is 13.6. The molecule has 0 spiro atoms. The number of halogens is 1. The topological polar surface area (TPSA) is 92.6 Å². The predicted octanol–water partition coefficient (Wildman–Crippen LogP) is 3.30. The molecule has 1 aromatic carbocycles. The highest BCUT2D eigenvalue weighted by molar-refractivity contribution is 14.0. The first-order valence-corrected chi connectivity index (χ1v) is 9.72. The van der Waals surface area contributed by atoms with Crippen molar-refractivity contribution in [3.05, 3.63) is 42.2 Å². The Kier molecular flexibility index (Phi) is 10.1. The van der Waals surface area contributed by atoms with Gasteiger partial charge >= 0.3 is 0 Å². The van der Waals surface area contributed by atoms with E-state index in [1.807, 2.05) is 72.0 Å². The summed E-state index contributed by atoms with van der Waals surface area (Å²) in [6.45, 7) is 10.4. The molecule has 2 aromatic rings. The van der Waals surface area contributed by atoms with Crippen LogP contribution >= 0.6 is 24.0 Å². The van der Waals surface area contributed by atoms with Crippen LogP contribution in [-0.2, 0) is 18.4 Å². The van der Waals surface area contributed by atoms with E-state index >= 15 is 0 Å². The van der Waals surface area contributed by atoms with Crippen molar-refractivity contribution in [1.82, 2.24) is 20.4 Å². The number of anilines is 1. The van der Waals surface area contributed by atoms with Crippen LogP contribution in [-0.4, -0.2) is 39.8 Å². The van der Waals surface area contributed by atoms with E-state index in [0.29, 0.717) is 12.5 Å². The molecule has 30 heavy (non-hydrogen) atoms. The van der Waals surface area contributed by atoms with Crippen LogP contribution in [0.3, 0.4) is 0 Å². The van der Waals surface area contributed by atoms with Gasteiger partial charge in [-0.15, -0.1) is 24.0 Å². The summed E-state index contributed by atoms with van der Waals surface area (Å²) in [6, 6.07) is 9.52. The monoisotopic (exact) mass is 528 g/mol. The van der Waals surface area contributed by atoms with Crippen molar-refractivity contribution in [2.45, 2.75) is 52.8 Å². The maximum atomic E-state index is 12.2. The van der Waals surface area contributed by atoms with Gasteiger partial charge in [0.25, 0.3) is 0 Å². The van der Waals surface area contributed by atoms with E-state index in [4.69, 9.17) is 4.74 Å². The van der Waals surface area contributed by atoms with Gasteiger partial charge in [-0.25, -0.2) is 4.99 Å². The fraction of sp³-hybridized carbons (Fsp3) is 0.476. The average Bonchev–Trinajstić information content (AvgIpc) is 3.02. The van der Waals surface area contributed by atoms with Crippen molar-refractivity contribution in [3.63, 3.8) is 0 Å². The number of aryl methyl sites for hydroxylation is 1. The van der Waals surface area contributed by atoms with Crippen molar-refractivity contribution in [3.8, 4) is 5.75 Å². The fourth-order valence-corrected chi connectivity index (χ4v) is 2.51. The molecular weight excluding hydrogens is 495 g/mol. The number of amides is 1. The summed E-state index contributed by atoms with van der Waals surface area (Å²) >= 11 is 0. The highest BCUT2D eigenvalue weighted by atomic mass is 127. The van der Waals surface area contributed by atoms with E-state index in [1.165, 1.54) is 0 Å². The number of nitrogens with one attached hydrogen (secondary N) is 3. The molecule has 0 aliphatic heterocycles. The molecule has 1 amide bonds. The number of guanidine groups is 1. The van der Waals surface area contributed by atoms with E-state index in [9.17, 15) is 4.79 Å². The van der Waals surface area contributed by atoms with Gasteiger partial charge in [0.2, 0.25) is 5.91 Å². The van der Waals surface area contributed by atoms with Crippen molar-refractivity contribution < 1.29 is 9.53 Å². The summed E-state index contributed by atoms with van der Waals surface area (Å²) in [5.41, 5.74) is 1.52. The predicted molar refractivity (Wildman–Crippen MR) is 131 cm³/mol. The summed E-state index contributed by atoms with van der Waals surface area (Å²) in [7, 11) is 1.87. The van der Waals surface area contributed by atoms with Gasteiger partial charge in [-0.1, -0.05) is 0 Å². The molecule has 0 saturated carbocycles. The van der Waals surface area contributed by atoms with Crippen LogP contribution in [0.5, 0.6) is 5.75 Å². The molecule has 0 aliphatic carbocycles. The highest BCUT2D eigenvalue weighted by Crippen LogP contribution is 2.17. The Labute approximate surface area is 195 Å². The molecule has 1 heterocycles. The Hall–Kier alpha value is -2.30. The van der Waals surface area contributed by atoms with Gasteiger partial charge in [0.15, 0.2) is 5.96 Å². The van der Waals surface area contributed by atoms with E-state index < -0.39 is 0 Å². The molecule has 0 fully saturated rings. The van der Waals surface area contributed by atoms with Gasteiger partial charge in [0.05, 0.1) is 24.9 Å². The van der Waals surface area contributed by atoms with Crippen molar-refractivity contribution in [2.24, 2.45) is 12.0 Å². The first kappa shape index (κ1) is 25.7. The van der Waals surface area contributed by atoms with Gasteiger partial charge in [-0.3, -0.25) is 9.48 Å². The molecule has 0 bridgehead atoms. The molecule has 0 aliphatic rings. The summed E-state index contributed by atoms with van der Waals surface area (Å²) in [4.78, 5) is 16.7.